The van der Waals surface area contributed by atoms with Crippen LogP contribution in [0.15, 0.2) is 12.1 Å². The van der Waals surface area contributed by atoms with E-state index in [1.54, 1.807) is 6.92 Å². The molecule has 19 heavy (non-hydrogen) atoms. The van der Waals surface area contributed by atoms with E-state index in [1.165, 1.54) is 0 Å². The van der Waals surface area contributed by atoms with E-state index in [0.717, 1.165) is 12.1 Å². The average Bonchev–Trinajstić information content (AvgIpc) is 2.38. The van der Waals surface area contributed by atoms with Gasteiger partial charge in [-0.15, -0.1) is 0 Å². The summed E-state index contributed by atoms with van der Waals surface area (Å²) in [5, 5.41) is 22.0. The summed E-state index contributed by atoms with van der Waals surface area (Å²) in [5.74, 6) is -0.701. The quantitative estimate of drug-likeness (QED) is 0.644. The number of hydrogen-bond acceptors (Lipinski definition) is 4. The summed E-state index contributed by atoms with van der Waals surface area (Å²) in [7, 11) is 0. The third-order valence-corrected chi connectivity index (χ3v) is 3.19. The van der Waals surface area contributed by atoms with Gasteiger partial charge in [0.15, 0.2) is 0 Å². The normalized spacial score (nSPS) is 12.0. The number of nitrogens with one attached hydrogen (secondary N) is 1. The Morgan fingerprint density at radius 2 is 2.16 bits per heavy atom. The summed E-state index contributed by atoms with van der Waals surface area (Å²) < 4.78 is 0. The van der Waals surface area contributed by atoms with E-state index in [0.29, 0.717) is 0 Å². The highest BCUT2D eigenvalue weighted by molar-refractivity contribution is 6.44. The van der Waals surface area contributed by atoms with Gasteiger partial charge in [-0.05, 0) is 5.92 Å². The smallest absolute Gasteiger partial charge is 0.271 e. The first-order chi connectivity index (χ1) is 8.86. The average molecular weight is 307 g/mol. The first kappa shape index (κ1) is 15.7. The highest BCUT2D eigenvalue weighted by atomic mass is 35.5. The summed E-state index contributed by atoms with van der Waals surface area (Å²) in [6.45, 7) is 1.89. The van der Waals surface area contributed by atoms with Gasteiger partial charge >= 0.3 is 0 Å². The number of nitrogens with zero attached hydrogens (tertiary/aromatic N) is 1. The van der Waals surface area contributed by atoms with Crippen LogP contribution in [0.2, 0.25) is 10.0 Å². The third-order valence-electron chi connectivity index (χ3n) is 2.39. The molecule has 1 aromatic rings. The largest absolute Gasteiger partial charge is 0.396 e. The van der Waals surface area contributed by atoms with Crippen LogP contribution in [0.25, 0.3) is 0 Å². The maximum atomic E-state index is 11.9. The highest BCUT2D eigenvalue weighted by Gasteiger charge is 2.19. The molecule has 0 radical (unpaired) electrons. The van der Waals surface area contributed by atoms with Crippen LogP contribution < -0.4 is 5.32 Å². The van der Waals surface area contributed by atoms with Gasteiger partial charge in [-0.2, -0.15) is 0 Å². The van der Waals surface area contributed by atoms with Gasteiger partial charge in [-0.3, -0.25) is 14.9 Å². The maximum Gasteiger partial charge on any atom is 0.271 e. The number of rotatable bonds is 5. The molecule has 1 unspecified atom stereocenters. The van der Waals surface area contributed by atoms with E-state index in [4.69, 9.17) is 28.3 Å². The number of carbonyl (C=O) groups is 1. The molecular weight excluding hydrogens is 295 g/mol. The third kappa shape index (κ3) is 4.05. The summed E-state index contributed by atoms with van der Waals surface area (Å²) in [4.78, 5) is 21.9. The number of aliphatic hydroxyl groups excluding tert-OH is 1. The minimum Gasteiger partial charge on any atom is -0.396 e. The van der Waals surface area contributed by atoms with Crippen LogP contribution in [0, 0.1) is 16.0 Å². The van der Waals surface area contributed by atoms with Gasteiger partial charge in [-0.1, -0.05) is 30.1 Å². The van der Waals surface area contributed by atoms with Crippen molar-refractivity contribution in [3.63, 3.8) is 0 Å². The van der Waals surface area contributed by atoms with Crippen LogP contribution in [0.4, 0.5) is 5.69 Å². The fourth-order valence-electron chi connectivity index (χ4n) is 1.27. The Hall–Kier alpha value is -1.37. The molecule has 6 nitrogen and oxygen atoms in total. The number of non-ortho nitro benzene ring substituents is 1. The van der Waals surface area contributed by atoms with Gasteiger partial charge in [0.1, 0.15) is 0 Å². The molecule has 0 spiro atoms. The zero-order valence-corrected chi connectivity index (χ0v) is 11.5. The van der Waals surface area contributed by atoms with Crippen LogP contribution in [-0.4, -0.2) is 29.1 Å². The van der Waals surface area contributed by atoms with Crippen molar-refractivity contribution in [1.29, 1.82) is 0 Å². The van der Waals surface area contributed by atoms with Crippen molar-refractivity contribution in [3.05, 3.63) is 37.9 Å². The fraction of sp³-hybridized carbons (Fsp3) is 0.364. The van der Waals surface area contributed by atoms with E-state index in [9.17, 15) is 14.9 Å². The first-order valence-electron chi connectivity index (χ1n) is 5.39. The van der Waals surface area contributed by atoms with Gasteiger partial charge < -0.3 is 10.4 Å². The zero-order valence-electron chi connectivity index (χ0n) is 10.0. The Kier molecular flexibility index (Phi) is 5.53. The molecule has 0 aliphatic carbocycles. The molecule has 0 saturated carbocycles. The van der Waals surface area contributed by atoms with E-state index >= 15 is 0 Å². The molecule has 1 amide bonds. The predicted molar refractivity (Wildman–Crippen MR) is 71.7 cm³/mol. The van der Waals surface area contributed by atoms with Crippen molar-refractivity contribution in [2.75, 3.05) is 13.2 Å². The second kappa shape index (κ2) is 6.70. The lowest BCUT2D eigenvalue weighted by Crippen LogP contribution is -2.29. The number of aliphatic hydroxyl groups is 1. The zero-order chi connectivity index (χ0) is 14.6. The molecule has 1 atom stereocenters. The standard InChI is InChI=1S/C11H12Cl2N2O4/c1-6(5-16)4-14-11(17)8-2-7(15(18)19)3-9(12)10(8)13/h2-3,6,16H,4-5H2,1H3,(H,14,17). The Labute approximate surface area is 119 Å². The van der Waals surface area contributed by atoms with E-state index in [1.807, 2.05) is 0 Å². The molecule has 2 N–H and O–H groups in total. The van der Waals surface area contributed by atoms with Crippen molar-refractivity contribution in [1.82, 2.24) is 5.32 Å². The van der Waals surface area contributed by atoms with Crippen molar-refractivity contribution < 1.29 is 14.8 Å². The molecule has 0 bridgehead atoms. The van der Waals surface area contributed by atoms with Crippen LogP contribution >= 0.6 is 23.2 Å². The van der Waals surface area contributed by atoms with E-state index in [-0.39, 0.29) is 40.4 Å². The topological polar surface area (TPSA) is 92.5 Å². The van der Waals surface area contributed by atoms with Crippen molar-refractivity contribution >= 4 is 34.8 Å². The van der Waals surface area contributed by atoms with Crippen molar-refractivity contribution in [2.45, 2.75) is 6.92 Å². The molecule has 104 valence electrons. The van der Waals surface area contributed by atoms with Gasteiger partial charge in [0.05, 0.1) is 20.5 Å². The van der Waals surface area contributed by atoms with E-state index in [2.05, 4.69) is 5.32 Å². The lowest BCUT2D eigenvalue weighted by molar-refractivity contribution is -0.384. The van der Waals surface area contributed by atoms with Gasteiger partial charge in [0.2, 0.25) is 0 Å². The van der Waals surface area contributed by atoms with Crippen LogP contribution in [0.3, 0.4) is 0 Å². The molecular formula is C11H12Cl2N2O4. The number of nitro benzene ring substituents is 1. The SMILES string of the molecule is CC(CO)CNC(=O)c1cc([N+](=O)[O-])cc(Cl)c1Cl. The number of carbonyl (C=O) groups excluding carboxylic acids is 1. The van der Waals surface area contributed by atoms with Crippen LogP contribution in [-0.2, 0) is 0 Å². The Morgan fingerprint density at radius 1 is 1.53 bits per heavy atom. The lowest BCUT2D eigenvalue weighted by atomic mass is 10.1. The van der Waals surface area contributed by atoms with E-state index < -0.39 is 10.8 Å². The first-order valence-corrected chi connectivity index (χ1v) is 6.15. The number of halogens is 2. The number of benzene rings is 1. The molecule has 1 aromatic carbocycles. The molecule has 0 heterocycles. The van der Waals surface area contributed by atoms with Crippen molar-refractivity contribution in [2.24, 2.45) is 5.92 Å². The summed E-state index contributed by atoms with van der Waals surface area (Å²) in [6.07, 6.45) is 0. The van der Waals surface area contributed by atoms with Gasteiger partial charge in [0.25, 0.3) is 11.6 Å². The molecule has 1 rings (SSSR count). The molecule has 8 heteroatoms. The van der Waals surface area contributed by atoms with Crippen LogP contribution in [0.5, 0.6) is 0 Å². The Morgan fingerprint density at radius 3 is 2.68 bits per heavy atom. The number of nitro groups is 1. The minimum atomic E-state index is -0.657. The van der Waals surface area contributed by atoms with Crippen molar-refractivity contribution in [3.8, 4) is 0 Å². The second-order valence-corrected chi connectivity index (χ2v) is 4.83. The summed E-state index contributed by atoms with van der Waals surface area (Å²) in [5.41, 5.74) is -0.374. The molecule has 0 aliphatic rings. The van der Waals surface area contributed by atoms with Gasteiger partial charge in [0, 0.05) is 25.3 Å². The van der Waals surface area contributed by atoms with Crippen LogP contribution in [0.1, 0.15) is 17.3 Å². The second-order valence-electron chi connectivity index (χ2n) is 4.04. The Bertz CT molecular complexity index is 508. The molecule has 0 aromatic heterocycles. The number of amides is 1. The lowest BCUT2D eigenvalue weighted by Gasteiger charge is -2.11. The predicted octanol–water partition coefficient (Wildman–Crippen LogP) is 2.26. The van der Waals surface area contributed by atoms with Gasteiger partial charge in [-0.25, -0.2) is 0 Å². The monoisotopic (exact) mass is 306 g/mol. The summed E-state index contributed by atoms with van der Waals surface area (Å²) in [6, 6.07) is 2.14. The maximum absolute atomic E-state index is 11.9. The Balaban J connectivity index is 2.98. The minimum absolute atomic E-state index is 0.0404. The number of hydrogen-bond donors (Lipinski definition) is 2. The fourth-order valence-corrected chi connectivity index (χ4v) is 1.68. The molecule has 0 saturated heterocycles. The molecule has 0 aliphatic heterocycles. The molecule has 0 fully saturated rings. The summed E-state index contributed by atoms with van der Waals surface area (Å²) >= 11 is 11.6. The highest BCUT2D eigenvalue weighted by Crippen LogP contribution is 2.30.